The molecule has 0 spiro atoms. The molecule has 0 amide bonds. The minimum absolute atomic E-state index is 0.281. The van der Waals surface area contributed by atoms with Gasteiger partial charge in [-0.25, -0.2) is 0 Å². The van der Waals surface area contributed by atoms with Crippen LogP contribution in [0.5, 0.6) is 0 Å². The van der Waals surface area contributed by atoms with Gasteiger partial charge in [-0.3, -0.25) is 9.59 Å². The van der Waals surface area contributed by atoms with Crippen molar-refractivity contribution in [3.8, 4) is 0 Å². The summed E-state index contributed by atoms with van der Waals surface area (Å²) in [6, 6.07) is 9.43. The molecule has 0 saturated carbocycles. The van der Waals surface area contributed by atoms with E-state index in [9.17, 15) is 9.59 Å². The van der Waals surface area contributed by atoms with Gasteiger partial charge in [-0.15, -0.1) is 0 Å². The van der Waals surface area contributed by atoms with Gasteiger partial charge in [0.05, 0.1) is 13.7 Å². The fourth-order valence-electron chi connectivity index (χ4n) is 2.37. The standard InChI is InChI=1S/C16H18O4/c1-19-14(17)16(12-13-8-4-2-5-9-13)10-6-3-7-11-20-15(16)18/h2-6,8-9H,7,10-12H2,1H3/b6-3-/t16-/m0/s1. The van der Waals surface area contributed by atoms with Gasteiger partial charge >= 0.3 is 11.9 Å². The van der Waals surface area contributed by atoms with Gasteiger partial charge in [-0.1, -0.05) is 42.5 Å². The summed E-state index contributed by atoms with van der Waals surface area (Å²) in [5.41, 5.74) is -0.378. The van der Waals surface area contributed by atoms with E-state index in [4.69, 9.17) is 9.47 Å². The highest BCUT2D eigenvalue weighted by Gasteiger charge is 2.48. The van der Waals surface area contributed by atoms with Crippen molar-refractivity contribution in [1.29, 1.82) is 0 Å². The number of rotatable bonds is 3. The third-order valence-electron chi connectivity index (χ3n) is 3.47. The highest BCUT2D eigenvalue weighted by molar-refractivity contribution is 6.00. The van der Waals surface area contributed by atoms with Crippen LogP contribution >= 0.6 is 0 Å². The summed E-state index contributed by atoms with van der Waals surface area (Å²) in [6.07, 6.45) is 5.04. The fraction of sp³-hybridized carbons (Fsp3) is 0.375. The lowest BCUT2D eigenvalue weighted by Crippen LogP contribution is -2.43. The summed E-state index contributed by atoms with van der Waals surface area (Å²) in [5.74, 6) is -1.05. The maximum Gasteiger partial charge on any atom is 0.324 e. The lowest BCUT2D eigenvalue weighted by atomic mass is 9.78. The van der Waals surface area contributed by atoms with Crippen molar-refractivity contribution < 1.29 is 19.1 Å². The van der Waals surface area contributed by atoms with Gasteiger partial charge < -0.3 is 9.47 Å². The third-order valence-corrected chi connectivity index (χ3v) is 3.47. The zero-order valence-corrected chi connectivity index (χ0v) is 11.5. The predicted octanol–water partition coefficient (Wildman–Crippen LogP) is 2.28. The Balaban J connectivity index is 2.37. The first kappa shape index (κ1) is 14.3. The topological polar surface area (TPSA) is 52.6 Å². The normalized spacial score (nSPS) is 24.1. The van der Waals surface area contributed by atoms with Crippen LogP contribution in [0.3, 0.4) is 0 Å². The van der Waals surface area contributed by atoms with Crippen LogP contribution in [-0.4, -0.2) is 25.7 Å². The van der Waals surface area contributed by atoms with Crippen molar-refractivity contribution in [1.82, 2.24) is 0 Å². The lowest BCUT2D eigenvalue weighted by Gasteiger charge is -2.28. The lowest BCUT2D eigenvalue weighted by molar-refractivity contribution is -0.171. The summed E-state index contributed by atoms with van der Waals surface area (Å²) in [6.45, 7) is 0.295. The smallest absolute Gasteiger partial charge is 0.324 e. The van der Waals surface area contributed by atoms with Gasteiger partial charge in [0.25, 0.3) is 0 Å². The fourth-order valence-corrected chi connectivity index (χ4v) is 2.37. The average molecular weight is 274 g/mol. The average Bonchev–Trinajstić information content (AvgIpc) is 2.47. The molecule has 106 valence electrons. The van der Waals surface area contributed by atoms with Crippen LogP contribution in [0.25, 0.3) is 0 Å². The first-order chi connectivity index (χ1) is 9.69. The van der Waals surface area contributed by atoms with Crippen LogP contribution < -0.4 is 0 Å². The summed E-state index contributed by atoms with van der Waals surface area (Å²) >= 11 is 0. The molecule has 0 aliphatic carbocycles. The quantitative estimate of drug-likeness (QED) is 0.482. The van der Waals surface area contributed by atoms with E-state index in [1.165, 1.54) is 7.11 Å². The number of methoxy groups -OCH3 is 1. The molecule has 1 aromatic rings. The van der Waals surface area contributed by atoms with Crippen molar-refractivity contribution >= 4 is 11.9 Å². The maximum absolute atomic E-state index is 12.3. The number of hydrogen-bond acceptors (Lipinski definition) is 4. The molecule has 0 bridgehead atoms. The molecule has 20 heavy (non-hydrogen) atoms. The van der Waals surface area contributed by atoms with E-state index >= 15 is 0 Å². The van der Waals surface area contributed by atoms with E-state index in [0.717, 1.165) is 5.56 Å². The molecule has 1 aliphatic heterocycles. The van der Waals surface area contributed by atoms with Crippen LogP contribution in [0.4, 0.5) is 0 Å². The molecular formula is C16H18O4. The first-order valence-corrected chi connectivity index (χ1v) is 6.63. The van der Waals surface area contributed by atoms with Gasteiger partial charge in [-0.05, 0) is 24.8 Å². The van der Waals surface area contributed by atoms with E-state index in [0.29, 0.717) is 19.4 Å². The Morgan fingerprint density at radius 3 is 2.75 bits per heavy atom. The Kier molecular flexibility index (Phi) is 4.56. The Bertz CT molecular complexity index is 506. The number of carbonyl (C=O) groups is 2. The number of allylic oxidation sites excluding steroid dienone is 1. The van der Waals surface area contributed by atoms with Gasteiger partial charge in [-0.2, -0.15) is 0 Å². The predicted molar refractivity (Wildman–Crippen MR) is 73.9 cm³/mol. The van der Waals surface area contributed by atoms with E-state index in [1.807, 2.05) is 42.5 Å². The van der Waals surface area contributed by atoms with Crippen molar-refractivity contribution in [3.05, 3.63) is 48.0 Å². The van der Waals surface area contributed by atoms with Crippen LogP contribution in [0.15, 0.2) is 42.5 Å². The molecule has 4 heteroatoms. The van der Waals surface area contributed by atoms with Gasteiger partial charge in [0.15, 0.2) is 5.41 Å². The molecule has 0 saturated heterocycles. The Hall–Kier alpha value is -2.10. The van der Waals surface area contributed by atoms with Gasteiger partial charge in [0, 0.05) is 0 Å². The molecule has 1 aromatic carbocycles. The van der Waals surface area contributed by atoms with Crippen LogP contribution in [0, 0.1) is 5.41 Å². The summed E-state index contributed by atoms with van der Waals surface area (Å²) in [7, 11) is 1.30. The second-order valence-electron chi connectivity index (χ2n) is 4.84. The summed E-state index contributed by atoms with van der Waals surface area (Å²) in [5, 5.41) is 0. The van der Waals surface area contributed by atoms with E-state index < -0.39 is 17.4 Å². The summed E-state index contributed by atoms with van der Waals surface area (Å²) < 4.78 is 10.1. The number of esters is 2. The third kappa shape index (κ3) is 2.90. The second-order valence-corrected chi connectivity index (χ2v) is 4.84. The SMILES string of the molecule is COC(=O)[C@@]1(Cc2ccccc2)C/C=C\CCOC1=O. The highest BCUT2D eigenvalue weighted by atomic mass is 16.6. The Morgan fingerprint density at radius 2 is 2.05 bits per heavy atom. The van der Waals surface area contributed by atoms with E-state index in [2.05, 4.69) is 0 Å². The van der Waals surface area contributed by atoms with E-state index in [-0.39, 0.29) is 6.42 Å². The minimum atomic E-state index is -1.28. The number of carbonyl (C=O) groups excluding carboxylic acids is 2. The monoisotopic (exact) mass is 274 g/mol. The van der Waals surface area contributed by atoms with Crippen molar-refractivity contribution in [2.24, 2.45) is 5.41 Å². The molecule has 0 fully saturated rings. The molecule has 0 unspecified atom stereocenters. The number of ether oxygens (including phenoxy) is 2. The minimum Gasteiger partial charge on any atom is -0.468 e. The molecule has 1 aliphatic rings. The largest absolute Gasteiger partial charge is 0.468 e. The highest BCUT2D eigenvalue weighted by Crippen LogP contribution is 2.32. The van der Waals surface area contributed by atoms with Crippen molar-refractivity contribution in [3.63, 3.8) is 0 Å². The number of benzene rings is 1. The second kappa shape index (κ2) is 6.37. The molecule has 4 nitrogen and oxygen atoms in total. The van der Waals surface area contributed by atoms with Crippen LogP contribution in [-0.2, 0) is 25.5 Å². The molecule has 1 atom stereocenters. The molecule has 0 aromatic heterocycles. The van der Waals surface area contributed by atoms with E-state index in [1.54, 1.807) is 0 Å². The molecule has 0 radical (unpaired) electrons. The van der Waals surface area contributed by atoms with Crippen LogP contribution in [0.2, 0.25) is 0 Å². The molecule has 2 rings (SSSR count). The maximum atomic E-state index is 12.3. The van der Waals surface area contributed by atoms with Crippen molar-refractivity contribution in [2.45, 2.75) is 19.3 Å². The Labute approximate surface area is 118 Å². The van der Waals surface area contributed by atoms with Gasteiger partial charge in [0.1, 0.15) is 0 Å². The molecule has 0 N–H and O–H groups in total. The molecule has 1 heterocycles. The zero-order chi connectivity index (χ0) is 14.4. The summed E-state index contributed by atoms with van der Waals surface area (Å²) in [4.78, 5) is 24.5. The number of cyclic esters (lactones) is 1. The van der Waals surface area contributed by atoms with Crippen molar-refractivity contribution in [2.75, 3.05) is 13.7 Å². The molecular weight excluding hydrogens is 256 g/mol. The van der Waals surface area contributed by atoms with Crippen LogP contribution in [0.1, 0.15) is 18.4 Å². The first-order valence-electron chi connectivity index (χ1n) is 6.63. The zero-order valence-electron chi connectivity index (χ0n) is 11.5. The number of hydrogen-bond donors (Lipinski definition) is 0. The van der Waals surface area contributed by atoms with Gasteiger partial charge in [0.2, 0.25) is 0 Å². The Morgan fingerprint density at radius 1 is 1.30 bits per heavy atom.